The fourth-order valence-electron chi connectivity index (χ4n) is 1.17. The van der Waals surface area contributed by atoms with Crippen LogP contribution < -0.4 is 5.48 Å². The van der Waals surface area contributed by atoms with Gasteiger partial charge in [0.15, 0.2) is 0 Å². The number of esters is 1. The minimum Gasteiger partial charge on any atom is -0.481 e. The van der Waals surface area contributed by atoms with E-state index in [9.17, 15) is 9.59 Å². The molecule has 0 aromatic heterocycles. The predicted octanol–water partition coefficient (Wildman–Crippen LogP) is -0.208. The average molecular weight is 230 g/mol. The first-order valence-corrected chi connectivity index (χ1v) is 4.91. The number of rotatable bonds is 4. The summed E-state index contributed by atoms with van der Waals surface area (Å²) in [5, 5.41) is 17.5. The van der Waals surface area contributed by atoms with E-state index in [1.54, 1.807) is 12.4 Å². The first kappa shape index (κ1) is 12.4. The molecule has 0 unspecified atom stereocenters. The van der Waals surface area contributed by atoms with Crippen molar-refractivity contribution in [2.45, 2.75) is 19.8 Å². The number of hydrogen-bond donors (Lipinski definition) is 3. The number of carbonyl (C=O) groups excluding carboxylic acids is 1. The molecule has 0 amide bonds. The SMILES string of the molecule is CCOC(=O)C(=NCC1(C(=O)O)CC1)NO. The number of nitrogens with zero attached hydrogens (tertiary/aromatic N) is 1. The number of hydrogen-bond acceptors (Lipinski definition) is 5. The molecule has 0 saturated heterocycles. The standard InChI is InChI=1S/C9H14N2O5/c1-2-16-7(12)6(11-15)10-5-9(3-4-9)8(13)14/h15H,2-5H2,1H3,(H,10,11)(H,13,14). The van der Waals surface area contributed by atoms with E-state index in [2.05, 4.69) is 9.73 Å². The van der Waals surface area contributed by atoms with Gasteiger partial charge in [-0.05, 0) is 19.8 Å². The van der Waals surface area contributed by atoms with E-state index in [1.165, 1.54) is 0 Å². The van der Waals surface area contributed by atoms with Gasteiger partial charge in [-0.1, -0.05) is 0 Å². The summed E-state index contributed by atoms with van der Waals surface area (Å²) >= 11 is 0. The lowest BCUT2D eigenvalue weighted by atomic mass is 10.1. The zero-order chi connectivity index (χ0) is 12.2. The molecule has 0 aliphatic heterocycles. The molecule has 0 heterocycles. The molecule has 7 heteroatoms. The normalized spacial score (nSPS) is 17.8. The van der Waals surface area contributed by atoms with Crippen molar-refractivity contribution in [3.05, 3.63) is 0 Å². The highest BCUT2D eigenvalue weighted by atomic mass is 16.5. The van der Waals surface area contributed by atoms with E-state index >= 15 is 0 Å². The Morgan fingerprint density at radius 1 is 1.50 bits per heavy atom. The van der Waals surface area contributed by atoms with Gasteiger partial charge in [0.1, 0.15) is 0 Å². The molecule has 0 aromatic rings. The van der Waals surface area contributed by atoms with Gasteiger partial charge in [0.05, 0.1) is 18.6 Å². The number of aliphatic carboxylic acids is 1. The van der Waals surface area contributed by atoms with Crippen LogP contribution in [-0.2, 0) is 14.3 Å². The van der Waals surface area contributed by atoms with Crippen LogP contribution in [0.3, 0.4) is 0 Å². The molecule has 1 aliphatic rings. The third-order valence-electron chi connectivity index (χ3n) is 2.42. The highest BCUT2D eigenvalue weighted by Crippen LogP contribution is 2.46. The smallest absolute Gasteiger partial charge is 0.375 e. The summed E-state index contributed by atoms with van der Waals surface area (Å²) in [6, 6.07) is 0. The fraction of sp³-hybridized carbons (Fsp3) is 0.667. The van der Waals surface area contributed by atoms with E-state index < -0.39 is 17.4 Å². The van der Waals surface area contributed by atoms with Gasteiger partial charge in [-0.3, -0.25) is 15.0 Å². The second-order valence-electron chi connectivity index (χ2n) is 3.58. The predicted molar refractivity (Wildman–Crippen MR) is 53.2 cm³/mol. The molecule has 1 rings (SSSR count). The quantitative estimate of drug-likeness (QED) is 0.267. The molecule has 3 N–H and O–H groups in total. The highest BCUT2D eigenvalue weighted by Gasteiger charge is 2.50. The third-order valence-corrected chi connectivity index (χ3v) is 2.42. The van der Waals surface area contributed by atoms with Gasteiger partial charge in [-0.25, -0.2) is 10.3 Å². The maximum absolute atomic E-state index is 11.2. The fourth-order valence-corrected chi connectivity index (χ4v) is 1.17. The number of amidine groups is 1. The third kappa shape index (κ3) is 2.69. The first-order valence-electron chi connectivity index (χ1n) is 4.91. The zero-order valence-electron chi connectivity index (χ0n) is 8.89. The maximum Gasteiger partial charge on any atom is 0.375 e. The van der Waals surface area contributed by atoms with Gasteiger partial charge in [0, 0.05) is 0 Å². The van der Waals surface area contributed by atoms with E-state index in [0.717, 1.165) is 0 Å². The minimum atomic E-state index is -0.933. The van der Waals surface area contributed by atoms with Crippen molar-refractivity contribution in [3.63, 3.8) is 0 Å². The van der Waals surface area contributed by atoms with Crippen LogP contribution in [-0.4, -0.2) is 41.2 Å². The van der Waals surface area contributed by atoms with E-state index in [1.807, 2.05) is 0 Å². The molecule has 90 valence electrons. The molecule has 0 aromatic carbocycles. The Morgan fingerprint density at radius 3 is 2.50 bits per heavy atom. The number of hydroxylamine groups is 1. The number of aliphatic imine (C=N–C) groups is 1. The summed E-state index contributed by atoms with van der Waals surface area (Å²) in [7, 11) is 0. The van der Waals surface area contributed by atoms with Crippen LogP contribution in [0.2, 0.25) is 0 Å². The average Bonchev–Trinajstić information content (AvgIpc) is 3.00. The summed E-state index contributed by atoms with van der Waals surface area (Å²) in [5.41, 5.74) is 0.742. The van der Waals surface area contributed by atoms with Crippen molar-refractivity contribution >= 4 is 17.8 Å². The van der Waals surface area contributed by atoms with Gasteiger partial charge >= 0.3 is 11.9 Å². The number of ether oxygens (including phenoxy) is 1. The minimum absolute atomic E-state index is 0.0377. The molecular weight excluding hydrogens is 216 g/mol. The van der Waals surface area contributed by atoms with E-state index in [-0.39, 0.29) is 19.0 Å². The van der Waals surface area contributed by atoms with Crippen LogP contribution in [0.25, 0.3) is 0 Å². The summed E-state index contributed by atoms with van der Waals surface area (Å²) in [6.45, 7) is 1.74. The summed E-state index contributed by atoms with van der Waals surface area (Å²) in [4.78, 5) is 25.7. The first-order chi connectivity index (χ1) is 7.55. The Bertz CT molecular complexity index is 322. The summed E-state index contributed by atoms with van der Waals surface area (Å²) in [5.74, 6) is -2.10. The molecular formula is C9H14N2O5. The molecule has 1 aliphatic carbocycles. The number of nitrogens with one attached hydrogen (secondary N) is 1. The van der Waals surface area contributed by atoms with Crippen LogP contribution in [0.1, 0.15) is 19.8 Å². The Hall–Kier alpha value is -1.63. The molecule has 0 bridgehead atoms. The monoisotopic (exact) mass is 230 g/mol. The van der Waals surface area contributed by atoms with Crippen LogP contribution in [0.5, 0.6) is 0 Å². The number of carbonyl (C=O) groups is 2. The Morgan fingerprint density at radius 2 is 2.12 bits per heavy atom. The van der Waals surface area contributed by atoms with Crippen molar-refractivity contribution in [2.75, 3.05) is 13.2 Å². The van der Waals surface area contributed by atoms with Gasteiger partial charge in [-0.2, -0.15) is 0 Å². The van der Waals surface area contributed by atoms with Crippen molar-refractivity contribution in [3.8, 4) is 0 Å². The molecule has 0 spiro atoms. The lowest BCUT2D eigenvalue weighted by Gasteiger charge is -2.07. The van der Waals surface area contributed by atoms with Gasteiger partial charge in [0.2, 0.25) is 5.84 Å². The lowest BCUT2D eigenvalue weighted by molar-refractivity contribution is -0.143. The zero-order valence-corrected chi connectivity index (χ0v) is 8.89. The van der Waals surface area contributed by atoms with E-state index in [0.29, 0.717) is 12.8 Å². The highest BCUT2D eigenvalue weighted by molar-refractivity contribution is 6.35. The number of carboxylic acids is 1. The molecule has 0 atom stereocenters. The van der Waals surface area contributed by atoms with Crippen LogP contribution in [0.4, 0.5) is 0 Å². The molecule has 0 radical (unpaired) electrons. The van der Waals surface area contributed by atoms with Crippen molar-refractivity contribution in [1.82, 2.24) is 5.48 Å². The van der Waals surface area contributed by atoms with Crippen molar-refractivity contribution in [1.29, 1.82) is 0 Å². The second kappa shape index (κ2) is 4.93. The Labute approximate surface area is 92.1 Å². The molecule has 16 heavy (non-hydrogen) atoms. The summed E-state index contributed by atoms with van der Waals surface area (Å²) in [6.07, 6.45) is 1.07. The molecule has 7 nitrogen and oxygen atoms in total. The maximum atomic E-state index is 11.2. The Balaban J connectivity index is 2.60. The van der Waals surface area contributed by atoms with Gasteiger partial charge in [0.25, 0.3) is 0 Å². The van der Waals surface area contributed by atoms with Crippen molar-refractivity contribution in [2.24, 2.45) is 10.4 Å². The Kier molecular flexibility index (Phi) is 3.83. The summed E-state index contributed by atoms with van der Waals surface area (Å²) < 4.78 is 4.60. The van der Waals surface area contributed by atoms with Crippen LogP contribution in [0, 0.1) is 5.41 Å². The molecule has 1 fully saturated rings. The largest absolute Gasteiger partial charge is 0.481 e. The van der Waals surface area contributed by atoms with E-state index in [4.69, 9.17) is 10.3 Å². The van der Waals surface area contributed by atoms with Crippen molar-refractivity contribution < 1.29 is 24.6 Å². The second-order valence-corrected chi connectivity index (χ2v) is 3.58. The molecule has 1 saturated carbocycles. The lowest BCUT2D eigenvalue weighted by Crippen LogP contribution is -2.32. The van der Waals surface area contributed by atoms with Gasteiger partial charge in [-0.15, -0.1) is 0 Å². The van der Waals surface area contributed by atoms with Crippen LogP contribution in [0.15, 0.2) is 4.99 Å². The van der Waals surface area contributed by atoms with Gasteiger partial charge < -0.3 is 9.84 Å². The topological polar surface area (TPSA) is 108 Å². The number of carboxylic acid groups (broad SMARTS) is 1. The van der Waals surface area contributed by atoms with Crippen LogP contribution >= 0.6 is 0 Å².